The van der Waals surface area contributed by atoms with Crippen LogP contribution in [0.2, 0.25) is 0 Å². The summed E-state index contributed by atoms with van der Waals surface area (Å²) < 4.78 is 7.39. The van der Waals surface area contributed by atoms with E-state index >= 15 is 0 Å². The molecule has 198 valence electrons. The van der Waals surface area contributed by atoms with E-state index in [1.165, 1.54) is 0 Å². The number of nitrogens with zero attached hydrogens (tertiary/aromatic N) is 2. The second kappa shape index (κ2) is 11.6. The topological polar surface area (TPSA) is 123 Å². The van der Waals surface area contributed by atoms with Crippen LogP contribution in [0, 0.1) is 0 Å². The predicted octanol–water partition coefficient (Wildman–Crippen LogP) is 3.93. The van der Waals surface area contributed by atoms with Crippen molar-refractivity contribution < 1.29 is 24.2 Å². The van der Waals surface area contributed by atoms with Gasteiger partial charge in [0.15, 0.2) is 0 Å². The average Bonchev–Trinajstić information content (AvgIpc) is 3.52. The fourth-order valence-electron chi connectivity index (χ4n) is 4.89. The van der Waals surface area contributed by atoms with Crippen LogP contribution in [0.1, 0.15) is 34.9 Å². The number of hydrogen-bond acceptors (Lipinski definition) is 5. The van der Waals surface area contributed by atoms with Gasteiger partial charge in [-0.3, -0.25) is 9.59 Å². The highest BCUT2D eigenvalue weighted by Gasteiger charge is 2.30. The lowest BCUT2D eigenvalue weighted by molar-refractivity contribution is -0.139. The summed E-state index contributed by atoms with van der Waals surface area (Å²) in [6.45, 7) is 0.696. The summed E-state index contributed by atoms with van der Waals surface area (Å²) in [5.74, 6) is -1.42. The van der Waals surface area contributed by atoms with Crippen LogP contribution in [0.25, 0.3) is 11.1 Å². The van der Waals surface area contributed by atoms with Crippen LogP contribution < -0.4 is 10.6 Å². The number of carboxylic acid groups (broad SMARTS) is 1. The molecule has 1 unspecified atom stereocenters. The molecule has 3 N–H and O–H groups in total. The van der Waals surface area contributed by atoms with Gasteiger partial charge in [0.2, 0.25) is 5.91 Å². The van der Waals surface area contributed by atoms with Gasteiger partial charge < -0.3 is 25.0 Å². The lowest BCUT2D eigenvalue weighted by atomic mass is 9.98. The van der Waals surface area contributed by atoms with Crippen LogP contribution in [-0.4, -0.2) is 45.3 Å². The van der Waals surface area contributed by atoms with Gasteiger partial charge in [-0.2, -0.15) is 0 Å². The van der Waals surface area contributed by atoms with Gasteiger partial charge in [-0.1, -0.05) is 78.9 Å². The molecule has 0 saturated carbocycles. The number of carbonyl (C=O) groups is 3. The van der Waals surface area contributed by atoms with Gasteiger partial charge >= 0.3 is 12.1 Å². The zero-order valence-electron chi connectivity index (χ0n) is 21.1. The summed E-state index contributed by atoms with van der Waals surface area (Å²) in [4.78, 5) is 41.3. The summed E-state index contributed by atoms with van der Waals surface area (Å²) in [6, 6.07) is 24.4. The number of aromatic nitrogens is 2. The first-order chi connectivity index (χ1) is 19.0. The first kappa shape index (κ1) is 25.7. The Bertz CT molecular complexity index is 1440. The highest BCUT2D eigenvalue weighted by Crippen LogP contribution is 2.44. The second-order valence-electron chi connectivity index (χ2n) is 9.30. The van der Waals surface area contributed by atoms with E-state index in [0.717, 1.165) is 27.8 Å². The van der Waals surface area contributed by atoms with Gasteiger partial charge in [-0.15, -0.1) is 0 Å². The molecule has 0 bridgehead atoms. The van der Waals surface area contributed by atoms with Gasteiger partial charge in [0.05, 0.1) is 13.0 Å². The maximum atomic E-state index is 12.9. The molecule has 0 radical (unpaired) electrons. The Kier molecular flexibility index (Phi) is 7.68. The van der Waals surface area contributed by atoms with Crippen molar-refractivity contribution in [2.45, 2.75) is 31.5 Å². The van der Waals surface area contributed by atoms with E-state index in [0.29, 0.717) is 12.4 Å². The van der Waals surface area contributed by atoms with Crippen molar-refractivity contribution in [1.82, 2.24) is 20.2 Å². The molecule has 1 atom stereocenters. The van der Waals surface area contributed by atoms with E-state index in [1.54, 1.807) is 12.4 Å². The summed E-state index contributed by atoms with van der Waals surface area (Å²) in [5.41, 5.74) is 5.37. The Balaban J connectivity index is 1.19. The molecule has 9 nitrogen and oxygen atoms in total. The zero-order valence-corrected chi connectivity index (χ0v) is 21.1. The molecular formula is C30H28N4O5. The molecule has 1 aliphatic rings. The number of imidazole rings is 1. The molecule has 9 heteroatoms. The molecule has 0 aliphatic heterocycles. The third kappa shape index (κ3) is 5.98. The van der Waals surface area contributed by atoms with Crippen molar-refractivity contribution in [3.05, 3.63) is 114 Å². The van der Waals surface area contributed by atoms with E-state index in [4.69, 9.17) is 4.74 Å². The summed E-state index contributed by atoms with van der Waals surface area (Å²) >= 11 is 0. The quantitative estimate of drug-likeness (QED) is 0.289. The number of fused-ring (bicyclic) bond motifs is 3. The Morgan fingerprint density at radius 1 is 0.923 bits per heavy atom. The molecule has 0 spiro atoms. The van der Waals surface area contributed by atoms with Crippen LogP contribution in [0.3, 0.4) is 0 Å². The Morgan fingerprint density at radius 2 is 1.56 bits per heavy atom. The number of nitrogens with one attached hydrogen (secondary N) is 2. The maximum Gasteiger partial charge on any atom is 0.407 e. The maximum absolute atomic E-state index is 12.9. The van der Waals surface area contributed by atoms with E-state index in [-0.39, 0.29) is 19.1 Å². The van der Waals surface area contributed by atoms with Crippen molar-refractivity contribution in [2.75, 3.05) is 6.61 Å². The Morgan fingerprint density at radius 3 is 2.23 bits per heavy atom. The highest BCUT2D eigenvalue weighted by atomic mass is 16.5. The number of amides is 2. The molecule has 1 aromatic heterocycles. The minimum atomic E-state index is -1.31. The summed E-state index contributed by atoms with van der Waals surface area (Å²) in [5, 5.41) is 14.5. The number of rotatable bonds is 10. The summed E-state index contributed by atoms with van der Waals surface area (Å²) in [7, 11) is 0. The number of benzene rings is 3. The number of carboxylic acids is 1. The van der Waals surface area contributed by atoms with E-state index in [1.807, 2.05) is 83.4 Å². The fourth-order valence-corrected chi connectivity index (χ4v) is 4.89. The Hall–Kier alpha value is -4.92. The second-order valence-corrected chi connectivity index (χ2v) is 9.30. The lowest BCUT2D eigenvalue weighted by Crippen LogP contribution is -2.48. The lowest BCUT2D eigenvalue weighted by Gasteiger charge is -2.19. The van der Waals surface area contributed by atoms with Gasteiger partial charge in [-0.25, -0.2) is 9.78 Å². The molecule has 0 saturated heterocycles. The highest BCUT2D eigenvalue weighted by molar-refractivity contribution is 5.89. The SMILES string of the molecule is O=C(O)CC(NC(=O)OCC1c2ccccc2-c2ccccc21)C(=O)NCc1nccn1Cc1ccccc1. The number of carbonyl (C=O) groups excluding carboxylic acids is 2. The van der Waals surface area contributed by atoms with Gasteiger partial charge in [-0.05, 0) is 27.8 Å². The van der Waals surface area contributed by atoms with Gasteiger partial charge in [0.1, 0.15) is 18.5 Å². The molecule has 39 heavy (non-hydrogen) atoms. The minimum Gasteiger partial charge on any atom is -0.481 e. The van der Waals surface area contributed by atoms with E-state index in [2.05, 4.69) is 15.6 Å². The largest absolute Gasteiger partial charge is 0.481 e. The zero-order chi connectivity index (χ0) is 27.2. The average molecular weight is 525 g/mol. The predicted molar refractivity (Wildman–Crippen MR) is 144 cm³/mol. The van der Waals surface area contributed by atoms with Gasteiger partial charge in [0, 0.05) is 24.9 Å². The first-order valence-electron chi connectivity index (χ1n) is 12.6. The molecule has 1 heterocycles. The molecule has 1 aliphatic carbocycles. The first-order valence-corrected chi connectivity index (χ1v) is 12.6. The Labute approximate surface area is 225 Å². The standard InChI is InChI=1S/C30H28N4O5/c35-28(36)16-26(29(37)32-17-27-31-14-15-34(27)18-20-8-2-1-3-9-20)33-30(38)39-19-25-23-12-6-4-10-21(23)22-11-5-7-13-24(22)25/h1-15,25-26H,16-19H2,(H,32,37)(H,33,38)(H,35,36). The fraction of sp³-hybridized carbons (Fsp3) is 0.200. The third-order valence-electron chi connectivity index (χ3n) is 6.75. The normalized spacial score (nSPS) is 12.7. The molecule has 0 fully saturated rings. The van der Waals surface area contributed by atoms with Crippen LogP contribution in [0.15, 0.2) is 91.3 Å². The van der Waals surface area contributed by atoms with Crippen molar-refractivity contribution in [3.63, 3.8) is 0 Å². The monoisotopic (exact) mass is 524 g/mol. The van der Waals surface area contributed by atoms with E-state index < -0.39 is 30.4 Å². The molecule has 5 rings (SSSR count). The van der Waals surface area contributed by atoms with Crippen molar-refractivity contribution in [1.29, 1.82) is 0 Å². The van der Waals surface area contributed by atoms with Crippen LogP contribution in [-0.2, 0) is 27.4 Å². The molecular weight excluding hydrogens is 496 g/mol. The van der Waals surface area contributed by atoms with Crippen molar-refractivity contribution >= 4 is 18.0 Å². The molecule has 4 aromatic rings. The number of alkyl carbamates (subject to hydrolysis) is 1. The van der Waals surface area contributed by atoms with Gasteiger partial charge in [0.25, 0.3) is 0 Å². The number of hydrogen-bond donors (Lipinski definition) is 3. The van der Waals surface area contributed by atoms with Crippen LogP contribution in [0.4, 0.5) is 4.79 Å². The van der Waals surface area contributed by atoms with Crippen molar-refractivity contribution in [3.8, 4) is 11.1 Å². The smallest absolute Gasteiger partial charge is 0.407 e. The summed E-state index contributed by atoms with van der Waals surface area (Å²) in [6.07, 6.45) is 1.99. The minimum absolute atomic E-state index is 0.0538. The van der Waals surface area contributed by atoms with Crippen LogP contribution >= 0.6 is 0 Å². The van der Waals surface area contributed by atoms with Crippen molar-refractivity contribution in [2.24, 2.45) is 0 Å². The molecule has 3 aromatic carbocycles. The van der Waals surface area contributed by atoms with Crippen LogP contribution in [0.5, 0.6) is 0 Å². The third-order valence-corrected chi connectivity index (χ3v) is 6.75. The number of aliphatic carboxylic acids is 1. The molecule has 2 amide bonds. The van der Waals surface area contributed by atoms with E-state index in [9.17, 15) is 19.5 Å². The number of ether oxygens (including phenoxy) is 1.